The van der Waals surface area contributed by atoms with Crippen LogP contribution in [-0.2, 0) is 14.3 Å². The molecule has 0 aliphatic rings. The topological polar surface area (TPSA) is 66.8 Å². The first-order valence-corrected chi connectivity index (χ1v) is 5.99. The van der Waals surface area contributed by atoms with Gasteiger partial charge in [0.2, 0.25) is 0 Å². The van der Waals surface area contributed by atoms with E-state index in [1.165, 1.54) is 24.3 Å². The Morgan fingerprint density at radius 1 is 1.33 bits per heavy atom. The molecule has 1 aromatic carbocycles. The molecule has 0 fully saturated rings. The second kappa shape index (κ2) is 7.28. The van der Waals surface area contributed by atoms with Gasteiger partial charge in [0.05, 0.1) is 0 Å². The molecule has 1 amide bonds. The Balaban J connectivity index is 2.78. The summed E-state index contributed by atoms with van der Waals surface area (Å²) in [5, 5.41) is 9.03. The molecule has 0 bridgehead atoms. The van der Waals surface area contributed by atoms with Gasteiger partial charge in [0, 0.05) is 10.7 Å². The summed E-state index contributed by atoms with van der Waals surface area (Å²) >= 11 is 5.73. The summed E-state index contributed by atoms with van der Waals surface area (Å²) in [7, 11) is 0. The molecule has 0 saturated carbocycles. The molecule has 0 heterocycles. The van der Waals surface area contributed by atoms with Crippen LogP contribution < -0.4 is 4.90 Å². The third-order valence-electron chi connectivity index (χ3n) is 2.21. The lowest BCUT2D eigenvalue weighted by atomic mass is 10.3. The number of halogens is 4. The standard InChI is InChI=1S/C12H11ClF3NO4/c13-8-2-1-3-9(4-8)17(5-11(19)20)10(18)6-21-7-12(14,15)16/h1-4H,5-7H2,(H,19,20). The highest BCUT2D eigenvalue weighted by Crippen LogP contribution is 2.20. The quantitative estimate of drug-likeness (QED) is 0.871. The van der Waals surface area contributed by atoms with Crippen LogP contribution in [0.25, 0.3) is 0 Å². The molecule has 0 saturated heterocycles. The molecule has 21 heavy (non-hydrogen) atoms. The third kappa shape index (κ3) is 6.46. The zero-order chi connectivity index (χ0) is 16.0. The van der Waals surface area contributed by atoms with Gasteiger partial charge < -0.3 is 9.84 Å². The average molecular weight is 326 g/mol. The fourth-order valence-electron chi connectivity index (χ4n) is 1.43. The molecule has 116 valence electrons. The van der Waals surface area contributed by atoms with Crippen LogP contribution in [0.3, 0.4) is 0 Å². The van der Waals surface area contributed by atoms with E-state index in [0.29, 0.717) is 0 Å². The lowest BCUT2D eigenvalue weighted by Crippen LogP contribution is -2.38. The number of carboxylic acid groups (broad SMARTS) is 1. The number of anilines is 1. The van der Waals surface area contributed by atoms with E-state index >= 15 is 0 Å². The number of carbonyl (C=O) groups excluding carboxylic acids is 1. The van der Waals surface area contributed by atoms with Crippen molar-refractivity contribution >= 4 is 29.2 Å². The number of nitrogens with zero attached hydrogens (tertiary/aromatic N) is 1. The smallest absolute Gasteiger partial charge is 0.411 e. The highest BCUT2D eigenvalue weighted by atomic mass is 35.5. The Morgan fingerprint density at radius 3 is 2.52 bits per heavy atom. The highest BCUT2D eigenvalue weighted by molar-refractivity contribution is 6.30. The van der Waals surface area contributed by atoms with Crippen LogP contribution in [0.2, 0.25) is 5.02 Å². The molecule has 0 radical (unpaired) electrons. The van der Waals surface area contributed by atoms with Gasteiger partial charge in [-0.1, -0.05) is 17.7 Å². The van der Waals surface area contributed by atoms with Crippen LogP contribution in [0.5, 0.6) is 0 Å². The lowest BCUT2D eigenvalue weighted by Gasteiger charge is -2.21. The van der Waals surface area contributed by atoms with Crippen molar-refractivity contribution in [2.75, 3.05) is 24.7 Å². The van der Waals surface area contributed by atoms with Gasteiger partial charge in [0.25, 0.3) is 5.91 Å². The van der Waals surface area contributed by atoms with Crippen molar-refractivity contribution in [3.63, 3.8) is 0 Å². The third-order valence-corrected chi connectivity index (χ3v) is 2.44. The Hall–Kier alpha value is -1.80. The van der Waals surface area contributed by atoms with E-state index in [1.807, 2.05) is 0 Å². The van der Waals surface area contributed by atoms with Gasteiger partial charge in [-0.2, -0.15) is 13.2 Å². The predicted molar refractivity (Wildman–Crippen MR) is 68.3 cm³/mol. The number of benzene rings is 1. The SMILES string of the molecule is O=C(O)CN(C(=O)COCC(F)(F)F)c1cccc(Cl)c1. The molecule has 5 nitrogen and oxygen atoms in total. The highest BCUT2D eigenvalue weighted by Gasteiger charge is 2.28. The van der Waals surface area contributed by atoms with Gasteiger partial charge in [-0.15, -0.1) is 0 Å². The van der Waals surface area contributed by atoms with E-state index < -0.39 is 37.8 Å². The molecule has 0 aliphatic carbocycles. The van der Waals surface area contributed by atoms with Crippen molar-refractivity contribution in [3.05, 3.63) is 29.3 Å². The second-order valence-corrected chi connectivity index (χ2v) is 4.40. The molecule has 0 aromatic heterocycles. The van der Waals surface area contributed by atoms with Crippen LogP contribution in [0.4, 0.5) is 18.9 Å². The van der Waals surface area contributed by atoms with Crippen LogP contribution in [0.1, 0.15) is 0 Å². The molecule has 1 rings (SSSR count). The van der Waals surface area contributed by atoms with Gasteiger partial charge in [-0.3, -0.25) is 14.5 Å². The van der Waals surface area contributed by atoms with Gasteiger partial charge in [-0.05, 0) is 18.2 Å². The lowest BCUT2D eigenvalue weighted by molar-refractivity contribution is -0.175. The molecular formula is C12H11ClF3NO4. The van der Waals surface area contributed by atoms with Crippen LogP contribution >= 0.6 is 11.6 Å². The van der Waals surface area contributed by atoms with Crippen LogP contribution in [0.15, 0.2) is 24.3 Å². The first kappa shape index (κ1) is 17.3. The fraction of sp³-hybridized carbons (Fsp3) is 0.333. The minimum absolute atomic E-state index is 0.158. The number of carboxylic acids is 1. The minimum Gasteiger partial charge on any atom is -0.480 e. The summed E-state index contributed by atoms with van der Waals surface area (Å²) in [5.74, 6) is -2.23. The maximum Gasteiger partial charge on any atom is 0.411 e. The largest absolute Gasteiger partial charge is 0.480 e. The molecular weight excluding hydrogens is 315 g/mol. The van der Waals surface area contributed by atoms with Gasteiger partial charge in [-0.25, -0.2) is 0 Å². The maximum atomic E-state index is 11.9. The Labute approximate surface area is 122 Å². The normalized spacial score (nSPS) is 11.2. The Kier molecular flexibility index (Phi) is 5.98. The van der Waals surface area contributed by atoms with Crippen molar-refractivity contribution in [3.8, 4) is 0 Å². The van der Waals surface area contributed by atoms with E-state index in [4.69, 9.17) is 16.7 Å². The Morgan fingerprint density at radius 2 is 2.00 bits per heavy atom. The first-order chi connectivity index (χ1) is 9.69. The summed E-state index contributed by atoms with van der Waals surface area (Å²) < 4.78 is 40.0. The maximum absolute atomic E-state index is 11.9. The minimum atomic E-state index is -4.56. The number of carbonyl (C=O) groups is 2. The Bertz CT molecular complexity index is 521. The van der Waals surface area contributed by atoms with Gasteiger partial charge >= 0.3 is 12.1 Å². The molecule has 0 unspecified atom stereocenters. The number of hydrogen-bond acceptors (Lipinski definition) is 3. The fourth-order valence-corrected chi connectivity index (χ4v) is 1.62. The zero-order valence-corrected chi connectivity index (χ0v) is 11.3. The second-order valence-electron chi connectivity index (χ2n) is 3.96. The monoisotopic (exact) mass is 325 g/mol. The van der Waals surface area contributed by atoms with Crippen molar-refractivity contribution < 1.29 is 32.6 Å². The number of rotatable bonds is 6. The summed E-state index contributed by atoms with van der Waals surface area (Å²) in [6.45, 7) is -3.19. The first-order valence-electron chi connectivity index (χ1n) is 5.61. The number of alkyl halides is 3. The number of hydrogen-bond donors (Lipinski definition) is 1. The molecule has 0 atom stereocenters. The molecule has 1 aromatic rings. The number of amides is 1. The summed E-state index contributed by atoms with van der Waals surface area (Å²) in [5.41, 5.74) is 0.158. The van der Waals surface area contributed by atoms with Crippen molar-refractivity contribution in [1.29, 1.82) is 0 Å². The van der Waals surface area contributed by atoms with Crippen molar-refractivity contribution in [2.24, 2.45) is 0 Å². The van der Waals surface area contributed by atoms with Crippen LogP contribution in [0, 0.1) is 0 Å². The zero-order valence-electron chi connectivity index (χ0n) is 10.6. The summed E-state index contributed by atoms with van der Waals surface area (Å²) in [4.78, 5) is 23.3. The van der Waals surface area contributed by atoms with E-state index in [-0.39, 0.29) is 10.7 Å². The van der Waals surface area contributed by atoms with E-state index in [1.54, 1.807) is 0 Å². The van der Waals surface area contributed by atoms with Gasteiger partial charge in [0.1, 0.15) is 19.8 Å². The van der Waals surface area contributed by atoms with Crippen molar-refractivity contribution in [2.45, 2.75) is 6.18 Å². The molecule has 9 heteroatoms. The van der Waals surface area contributed by atoms with E-state index in [9.17, 15) is 22.8 Å². The van der Waals surface area contributed by atoms with Crippen LogP contribution in [-0.4, -0.2) is 42.9 Å². The molecule has 1 N–H and O–H groups in total. The number of ether oxygens (including phenoxy) is 1. The van der Waals surface area contributed by atoms with Gasteiger partial charge in [0.15, 0.2) is 0 Å². The number of aliphatic carboxylic acids is 1. The van der Waals surface area contributed by atoms with E-state index in [2.05, 4.69) is 4.74 Å². The molecule has 0 aliphatic heterocycles. The summed E-state index contributed by atoms with van der Waals surface area (Å²) in [6, 6.07) is 5.73. The van der Waals surface area contributed by atoms with E-state index in [0.717, 1.165) is 4.90 Å². The predicted octanol–water partition coefficient (Wildman–Crippen LogP) is 2.34. The molecule has 0 spiro atoms. The summed E-state index contributed by atoms with van der Waals surface area (Å²) in [6.07, 6.45) is -4.56. The van der Waals surface area contributed by atoms with Crippen molar-refractivity contribution in [1.82, 2.24) is 0 Å². The average Bonchev–Trinajstić information content (AvgIpc) is 2.34.